The zero-order valence-corrected chi connectivity index (χ0v) is 17.0. The molecule has 0 aliphatic carbocycles. The van der Waals surface area contributed by atoms with E-state index < -0.39 is 13.9 Å². The minimum atomic E-state index is -1.89. The Bertz CT molecular complexity index is 623. The Hall–Kier alpha value is -1.42. The fraction of sp³-hybridized carbons (Fsp3) is 0.455. The number of nitrogens with one attached hydrogen (secondary N) is 1. The van der Waals surface area contributed by atoms with Crippen LogP contribution in [0, 0.1) is 0 Å². The molecular weight excluding hydrogens is 322 g/mol. The average molecular weight is 354 g/mol. The molecule has 2 nitrogen and oxygen atoms in total. The van der Waals surface area contributed by atoms with Gasteiger partial charge in [0.2, 0.25) is 0 Å². The van der Waals surface area contributed by atoms with Gasteiger partial charge in [-0.05, 0) is 49.1 Å². The quantitative estimate of drug-likeness (QED) is 0.710. The highest BCUT2D eigenvalue weighted by Gasteiger charge is 2.48. The second kappa shape index (κ2) is 7.44. The van der Waals surface area contributed by atoms with Crippen molar-refractivity contribution in [2.75, 3.05) is 6.54 Å². The maximum absolute atomic E-state index is 7.22. The Balaban J connectivity index is 2.20. The van der Waals surface area contributed by atoms with Crippen LogP contribution in [-0.2, 0) is 10.0 Å². The SMILES string of the molecule is CC(C)[Si](C)(C)OC(c1ccccc1)(c1ccccc1)[C@@H]1CCCN1. The third kappa shape index (κ3) is 3.59. The monoisotopic (exact) mass is 353 g/mol. The molecule has 3 heteroatoms. The molecule has 1 aliphatic heterocycles. The van der Waals surface area contributed by atoms with Crippen LogP contribution < -0.4 is 5.32 Å². The van der Waals surface area contributed by atoms with Crippen LogP contribution in [-0.4, -0.2) is 20.9 Å². The Labute approximate surface area is 153 Å². The first-order valence-corrected chi connectivity index (χ1v) is 12.5. The van der Waals surface area contributed by atoms with E-state index in [-0.39, 0.29) is 0 Å². The molecule has 0 spiro atoms. The first-order valence-electron chi connectivity index (χ1n) is 9.51. The largest absolute Gasteiger partial charge is 0.402 e. The van der Waals surface area contributed by atoms with Gasteiger partial charge in [0.15, 0.2) is 8.32 Å². The van der Waals surface area contributed by atoms with Gasteiger partial charge in [0.1, 0.15) is 5.60 Å². The molecule has 1 saturated heterocycles. The number of benzene rings is 2. The normalized spacial score (nSPS) is 18.7. The number of rotatable bonds is 6. The van der Waals surface area contributed by atoms with Crippen molar-refractivity contribution < 1.29 is 4.43 Å². The van der Waals surface area contributed by atoms with Crippen molar-refractivity contribution in [1.82, 2.24) is 5.32 Å². The first kappa shape index (κ1) is 18.4. The highest BCUT2D eigenvalue weighted by molar-refractivity contribution is 6.72. The van der Waals surface area contributed by atoms with E-state index in [0.717, 1.165) is 13.0 Å². The lowest BCUT2D eigenvalue weighted by atomic mass is 9.79. The van der Waals surface area contributed by atoms with Gasteiger partial charge in [0.25, 0.3) is 0 Å². The highest BCUT2D eigenvalue weighted by Crippen LogP contribution is 2.44. The maximum Gasteiger partial charge on any atom is 0.191 e. The van der Waals surface area contributed by atoms with Crippen molar-refractivity contribution in [2.45, 2.75) is 57.0 Å². The van der Waals surface area contributed by atoms with E-state index in [1.807, 2.05) is 0 Å². The van der Waals surface area contributed by atoms with Crippen LogP contribution in [0.4, 0.5) is 0 Å². The van der Waals surface area contributed by atoms with Gasteiger partial charge in [-0.2, -0.15) is 0 Å². The molecule has 0 radical (unpaired) electrons. The molecular formula is C22H31NOSi. The van der Waals surface area contributed by atoms with E-state index in [9.17, 15) is 0 Å². The smallest absolute Gasteiger partial charge is 0.191 e. The molecule has 1 heterocycles. The number of hydrogen-bond acceptors (Lipinski definition) is 2. The Morgan fingerprint density at radius 2 is 1.48 bits per heavy atom. The summed E-state index contributed by atoms with van der Waals surface area (Å²) in [6.45, 7) is 10.4. The van der Waals surface area contributed by atoms with Crippen LogP contribution in [0.5, 0.6) is 0 Å². The lowest BCUT2D eigenvalue weighted by Crippen LogP contribution is -2.54. The molecule has 2 aromatic carbocycles. The molecule has 134 valence electrons. The van der Waals surface area contributed by atoms with Crippen LogP contribution in [0.2, 0.25) is 18.6 Å². The molecule has 2 aromatic rings. The maximum atomic E-state index is 7.22. The summed E-state index contributed by atoms with van der Waals surface area (Å²) in [6.07, 6.45) is 2.35. The third-order valence-corrected chi connectivity index (χ3v) is 9.40. The van der Waals surface area contributed by atoms with E-state index in [1.165, 1.54) is 17.5 Å². The Morgan fingerprint density at radius 1 is 0.960 bits per heavy atom. The first-order chi connectivity index (χ1) is 12.0. The molecule has 0 aromatic heterocycles. The highest BCUT2D eigenvalue weighted by atomic mass is 28.4. The third-order valence-electron chi connectivity index (χ3n) is 5.77. The van der Waals surface area contributed by atoms with Crippen molar-refractivity contribution in [1.29, 1.82) is 0 Å². The van der Waals surface area contributed by atoms with Crippen molar-refractivity contribution in [3.05, 3.63) is 71.8 Å². The fourth-order valence-electron chi connectivity index (χ4n) is 3.69. The summed E-state index contributed by atoms with van der Waals surface area (Å²) in [5.41, 5.74) is 2.67. The van der Waals surface area contributed by atoms with Crippen LogP contribution in [0.3, 0.4) is 0 Å². The summed E-state index contributed by atoms with van der Waals surface area (Å²) in [7, 11) is -1.89. The van der Waals surface area contributed by atoms with Crippen LogP contribution in [0.1, 0.15) is 37.8 Å². The van der Waals surface area contributed by atoms with E-state index in [2.05, 4.69) is 92.9 Å². The second-order valence-corrected chi connectivity index (χ2v) is 12.5. The van der Waals surface area contributed by atoms with E-state index in [4.69, 9.17) is 4.43 Å². The fourth-order valence-corrected chi connectivity index (χ4v) is 5.14. The summed E-state index contributed by atoms with van der Waals surface area (Å²) >= 11 is 0. The Morgan fingerprint density at radius 3 is 1.88 bits per heavy atom. The lowest BCUT2D eigenvalue weighted by molar-refractivity contribution is 0.0601. The van der Waals surface area contributed by atoms with E-state index in [0.29, 0.717) is 11.6 Å². The van der Waals surface area contributed by atoms with Crippen molar-refractivity contribution in [3.8, 4) is 0 Å². The molecule has 1 atom stereocenters. The zero-order valence-electron chi connectivity index (χ0n) is 16.0. The molecule has 0 saturated carbocycles. The van der Waals surface area contributed by atoms with Gasteiger partial charge in [0.05, 0.1) is 0 Å². The van der Waals surface area contributed by atoms with Crippen molar-refractivity contribution in [2.24, 2.45) is 0 Å². The average Bonchev–Trinajstić information content (AvgIpc) is 3.16. The molecule has 3 rings (SSSR count). The standard InChI is InChI=1S/C22H31NOSi/c1-18(2)25(3,4)24-22(21-16-11-17-23-21,19-12-7-5-8-13-19)20-14-9-6-10-15-20/h5-10,12-15,18,21,23H,11,16-17H2,1-4H3/t21-/m0/s1. The molecule has 1 fully saturated rings. The van der Waals surface area contributed by atoms with Gasteiger partial charge < -0.3 is 9.74 Å². The Kier molecular flexibility index (Phi) is 5.47. The van der Waals surface area contributed by atoms with Gasteiger partial charge >= 0.3 is 0 Å². The summed E-state index contributed by atoms with van der Waals surface area (Å²) in [4.78, 5) is 0. The van der Waals surface area contributed by atoms with E-state index in [1.54, 1.807) is 0 Å². The summed E-state index contributed by atoms with van der Waals surface area (Å²) < 4.78 is 7.22. The predicted molar refractivity (Wildman–Crippen MR) is 108 cm³/mol. The van der Waals surface area contributed by atoms with Crippen molar-refractivity contribution in [3.63, 3.8) is 0 Å². The minimum absolute atomic E-state index is 0.308. The van der Waals surface area contributed by atoms with Gasteiger partial charge in [0, 0.05) is 6.04 Å². The molecule has 0 bridgehead atoms. The zero-order chi connectivity index (χ0) is 17.9. The van der Waals surface area contributed by atoms with Gasteiger partial charge in [-0.25, -0.2) is 0 Å². The second-order valence-electron chi connectivity index (χ2n) is 7.98. The summed E-state index contributed by atoms with van der Waals surface area (Å²) in [6, 6.07) is 22.0. The minimum Gasteiger partial charge on any atom is -0.402 e. The van der Waals surface area contributed by atoms with E-state index >= 15 is 0 Å². The van der Waals surface area contributed by atoms with Crippen molar-refractivity contribution >= 4 is 8.32 Å². The lowest BCUT2D eigenvalue weighted by Gasteiger charge is -2.46. The van der Waals surface area contributed by atoms with Gasteiger partial charge in [-0.3, -0.25) is 0 Å². The molecule has 0 amide bonds. The molecule has 0 unspecified atom stereocenters. The van der Waals surface area contributed by atoms with Gasteiger partial charge in [-0.15, -0.1) is 0 Å². The van der Waals surface area contributed by atoms with Crippen LogP contribution in [0.15, 0.2) is 60.7 Å². The summed E-state index contributed by atoms with van der Waals surface area (Å²) in [5.74, 6) is 0. The van der Waals surface area contributed by atoms with Crippen LogP contribution >= 0.6 is 0 Å². The predicted octanol–water partition coefficient (Wildman–Crippen LogP) is 5.31. The molecule has 25 heavy (non-hydrogen) atoms. The molecule has 1 aliphatic rings. The molecule has 1 N–H and O–H groups in total. The topological polar surface area (TPSA) is 21.3 Å². The van der Waals surface area contributed by atoms with Crippen LogP contribution in [0.25, 0.3) is 0 Å². The number of hydrogen-bond donors (Lipinski definition) is 1. The summed E-state index contributed by atoms with van der Waals surface area (Å²) in [5, 5.41) is 3.75. The van der Waals surface area contributed by atoms with Gasteiger partial charge in [-0.1, -0.05) is 74.5 Å².